The number of benzene rings is 2. The van der Waals surface area contributed by atoms with Gasteiger partial charge in [0.25, 0.3) is 0 Å². The lowest BCUT2D eigenvalue weighted by atomic mass is 10.1. The highest BCUT2D eigenvalue weighted by Crippen LogP contribution is 2.14. The van der Waals surface area contributed by atoms with Crippen molar-refractivity contribution in [1.29, 1.82) is 0 Å². The first-order valence-corrected chi connectivity index (χ1v) is 8.54. The highest BCUT2D eigenvalue weighted by Gasteiger charge is 2.04. The molecule has 4 nitrogen and oxygen atoms in total. The lowest BCUT2D eigenvalue weighted by Crippen LogP contribution is -2.09. The Balaban J connectivity index is 1.68. The summed E-state index contributed by atoms with van der Waals surface area (Å²) in [6.07, 6.45) is 0. The fraction of sp³-hybridized carbons (Fsp3) is 0.238. The van der Waals surface area contributed by atoms with Crippen LogP contribution in [0.5, 0.6) is 0 Å². The van der Waals surface area contributed by atoms with Gasteiger partial charge in [-0.3, -0.25) is 0 Å². The molecule has 0 atom stereocenters. The van der Waals surface area contributed by atoms with E-state index in [0.29, 0.717) is 12.5 Å². The van der Waals surface area contributed by atoms with Crippen molar-refractivity contribution >= 4 is 11.8 Å². The molecular weight excluding hydrogens is 308 g/mol. The van der Waals surface area contributed by atoms with E-state index in [-0.39, 0.29) is 0 Å². The summed E-state index contributed by atoms with van der Waals surface area (Å²) < 4.78 is 0. The van der Waals surface area contributed by atoms with Gasteiger partial charge in [0.2, 0.25) is 5.95 Å². The van der Waals surface area contributed by atoms with Gasteiger partial charge in [0.15, 0.2) is 0 Å². The van der Waals surface area contributed by atoms with E-state index in [9.17, 15) is 0 Å². The van der Waals surface area contributed by atoms with Crippen LogP contribution >= 0.6 is 0 Å². The molecule has 0 unspecified atom stereocenters. The van der Waals surface area contributed by atoms with E-state index in [0.717, 1.165) is 18.1 Å². The summed E-state index contributed by atoms with van der Waals surface area (Å²) in [5.41, 5.74) is 6.00. The Hall–Kier alpha value is -2.88. The van der Waals surface area contributed by atoms with Crippen LogP contribution in [0.15, 0.2) is 54.6 Å². The minimum atomic E-state index is 0.649. The second-order valence-corrected chi connectivity index (χ2v) is 6.28. The van der Waals surface area contributed by atoms with Crippen LogP contribution in [0.1, 0.15) is 27.9 Å². The normalized spacial score (nSPS) is 10.5. The third-order valence-electron chi connectivity index (χ3n) is 4.27. The van der Waals surface area contributed by atoms with Gasteiger partial charge in [-0.25, -0.2) is 4.98 Å². The minimum Gasteiger partial charge on any atom is -0.366 e. The van der Waals surface area contributed by atoms with Crippen LogP contribution in [0.2, 0.25) is 0 Å². The highest BCUT2D eigenvalue weighted by molar-refractivity contribution is 5.44. The quantitative estimate of drug-likeness (QED) is 0.691. The molecule has 0 fully saturated rings. The van der Waals surface area contributed by atoms with E-state index in [1.54, 1.807) is 0 Å². The number of rotatable bonds is 6. The molecule has 4 heteroatoms. The van der Waals surface area contributed by atoms with E-state index in [2.05, 4.69) is 83.0 Å². The standard InChI is InChI=1S/C21H24N4/c1-15-8-4-6-10-18(15)13-22-20-12-17(3)24-21(25-20)23-14-19-11-7-5-9-16(19)2/h4-12H,13-14H2,1-3H3,(H2,22,23,24,25). The molecule has 0 spiro atoms. The summed E-state index contributed by atoms with van der Waals surface area (Å²) >= 11 is 0. The topological polar surface area (TPSA) is 49.8 Å². The van der Waals surface area contributed by atoms with Gasteiger partial charge in [0.05, 0.1) is 0 Å². The van der Waals surface area contributed by atoms with Crippen molar-refractivity contribution in [2.24, 2.45) is 0 Å². The first kappa shape index (κ1) is 17.0. The Labute approximate surface area is 149 Å². The van der Waals surface area contributed by atoms with Gasteiger partial charge < -0.3 is 10.6 Å². The molecule has 0 saturated heterocycles. The number of nitrogens with zero attached hydrogens (tertiary/aromatic N) is 2. The maximum Gasteiger partial charge on any atom is 0.225 e. The van der Waals surface area contributed by atoms with E-state index < -0.39 is 0 Å². The van der Waals surface area contributed by atoms with Gasteiger partial charge >= 0.3 is 0 Å². The fourth-order valence-electron chi connectivity index (χ4n) is 2.72. The molecule has 0 bridgehead atoms. The summed E-state index contributed by atoms with van der Waals surface area (Å²) in [7, 11) is 0. The molecule has 0 aliphatic carbocycles. The number of hydrogen-bond donors (Lipinski definition) is 2. The van der Waals surface area contributed by atoms with Crippen molar-refractivity contribution in [3.8, 4) is 0 Å². The van der Waals surface area contributed by atoms with Crippen LogP contribution in [-0.2, 0) is 13.1 Å². The zero-order valence-electron chi connectivity index (χ0n) is 15.0. The number of hydrogen-bond acceptors (Lipinski definition) is 4. The lowest BCUT2D eigenvalue weighted by Gasteiger charge is -2.12. The monoisotopic (exact) mass is 332 g/mol. The number of anilines is 2. The summed E-state index contributed by atoms with van der Waals surface area (Å²) in [6.45, 7) is 7.69. The Kier molecular flexibility index (Phi) is 5.29. The zero-order chi connectivity index (χ0) is 17.6. The second-order valence-electron chi connectivity index (χ2n) is 6.28. The van der Waals surface area contributed by atoms with Crippen LogP contribution in [0.3, 0.4) is 0 Å². The SMILES string of the molecule is Cc1cc(NCc2ccccc2C)nc(NCc2ccccc2C)n1. The third kappa shape index (κ3) is 4.57. The molecule has 0 saturated carbocycles. The van der Waals surface area contributed by atoms with Crippen LogP contribution in [0.25, 0.3) is 0 Å². The van der Waals surface area contributed by atoms with Crippen LogP contribution in [0, 0.1) is 20.8 Å². The smallest absolute Gasteiger partial charge is 0.225 e. The maximum absolute atomic E-state index is 4.59. The van der Waals surface area contributed by atoms with Crippen LogP contribution < -0.4 is 10.6 Å². The maximum atomic E-state index is 4.59. The molecule has 3 aromatic rings. The van der Waals surface area contributed by atoms with E-state index >= 15 is 0 Å². The molecule has 0 radical (unpaired) electrons. The van der Waals surface area contributed by atoms with E-state index in [4.69, 9.17) is 0 Å². The zero-order valence-corrected chi connectivity index (χ0v) is 15.0. The highest BCUT2D eigenvalue weighted by atomic mass is 15.1. The van der Waals surface area contributed by atoms with Crippen molar-refractivity contribution in [2.75, 3.05) is 10.6 Å². The first-order chi connectivity index (χ1) is 12.1. The van der Waals surface area contributed by atoms with Gasteiger partial charge in [-0.2, -0.15) is 4.98 Å². The van der Waals surface area contributed by atoms with Crippen molar-refractivity contribution in [3.63, 3.8) is 0 Å². The fourth-order valence-corrected chi connectivity index (χ4v) is 2.72. The van der Waals surface area contributed by atoms with Gasteiger partial charge in [-0.15, -0.1) is 0 Å². The number of nitrogens with one attached hydrogen (secondary N) is 2. The molecular formula is C21H24N4. The minimum absolute atomic E-state index is 0.649. The molecule has 1 aromatic heterocycles. The molecule has 128 valence electrons. The van der Waals surface area contributed by atoms with Crippen molar-refractivity contribution in [1.82, 2.24) is 9.97 Å². The molecule has 25 heavy (non-hydrogen) atoms. The second kappa shape index (κ2) is 7.79. The van der Waals surface area contributed by atoms with Gasteiger partial charge in [-0.05, 0) is 43.0 Å². The molecule has 1 heterocycles. The Morgan fingerprint density at radius 1 is 0.720 bits per heavy atom. The van der Waals surface area contributed by atoms with Crippen molar-refractivity contribution < 1.29 is 0 Å². The third-order valence-corrected chi connectivity index (χ3v) is 4.27. The molecule has 2 aromatic carbocycles. The Morgan fingerprint density at radius 3 is 1.88 bits per heavy atom. The summed E-state index contributed by atoms with van der Waals surface area (Å²) in [6, 6.07) is 18.7. The molecule has 0 aliphatic heterocycles. The Bertz CT molecular complexity index is 790. The van der Waals surface area contributed by atoms with Crippen molar-refractivity contribution in [2.45, 2.75) is 33.9 Å². The van der Waals surface area contributed by atoms with Crippen LogP contribution in [0.4, 0.5) is 11.8 Å². The predicted octanol–water partition coefficient (Wildman–Crippen LogP) is 4.63. The van der Waals surface area contributed by atoms with Gasteiger partial charge in [0, 0.05) is 24.8 Å². The number of aromatic nitrogens is 2. The number of aryl methyl sites for hydroxylation is 3. The van der Waals surface area contributed by atoms with Gasteiger partial charge in [0.1, 0.15) is 5.82 Å². The average Bonchev–Trinajstić information content (AvgIpc) is 2.60. The van der Waals surface area contributed by atoms with Crippen molar-refractivity contribution in [3.05, 3.63) is 82.5 Å². The van der Waals surface area contributed by atoms with E-state index in [1.807, 2.05) is 13.0 Å². The summed E-state index contributed by atoms with van der Waals surface area (Å²) in [5, 5.41) is 6.73. The average molecular weight is 332 g/mol. The predicted molar refractivity (Wildman–Crippen MR) is 104 cm³/mol. The van der Waals surface area contributed by atoms with Crippen LogP contribution in [-0.4, -0.2) is 9.97 Å². The first-order valence-electron chi connectivity index (χ1n) is 8.54. The lowest BCUT2D eigenvalue weighted by molar-refractivity contribution is 1.00. The molecule has 0 amide bonds. The summed E-state index contributed by atoms with van der Waals surface area (Å²) in [4.78, 5) is 9.08. The van der Waals surface area contributed by atoms with E-state index in [1.165, 1.54) is 22.3 Å². The Morgan fingerprint density at radius 2 is 1.28 bits per heavy atom. The largest absolute Gasteiger partial charge is 0.366 e. The molecule has 2 N–H and O–H groups in total. The van der Waals surface area contributed by atoms with Gasteiger partial charge in [-0.1, -0.05) is 48.5 Å². The molecule has 0 aliphatic rings. The molecule has 3 rings (SSSR count). The summed E-state index contributed by atoms with van der Waals surface area (Å²) in [5.74, 6) is 1.48.